The first kappa shape index (κ1) is 13.0. The first-order chi connectivity index (χ1) is 8.70. The van der Waals surface area contributed by atoms with Gasteiger partial charge < -0.3 is 5.32 Å². The number of hydrogen-bond donors (Lipinski definition) is 1. The number of benzene rings is 1. The van der Waals surface area contributed by atoms with Gasteiger partial charge in [-0.1, -0.05) is 23.7 Å². The van der Waals surface area contributed by atoms with E-state index in [9.17, 15) is 4.39 Å². The minimum absolute atomic E-state index is 0.162. The lowest BCUT2D eigenvalue weighted by molar-refractivity contribution is 0.517. The Morgan fingerprint density at radius 2 is 2.17 bits per heavy atom. The lowest BCUT2D eigenvalue weighted by Crippen LogP contribution is -2.21. The highest BCUT2D eigenvalue weighted by Gasteiger charge is 2.15. The molecule has 0 amide bonds. The molecule has 94 valence electrons. The molecular formula is C14H14ClFN2. The SMILES string of the molecule is CNC(Cc1cccc(Cl)c1)c1ncccc1F. The maximum atomic E-state index is 13.7. The van der Waals surface area contributed by atoms with Crippen LogP contribution in [-0.2, 0) is 6.42 Å². The normalized spacial score (nSPS) is 12.4. The van der Waals surface area contributed by atoms with Gasteiger partial charge in [-0.2, -0.15) is 0 Å². The first-order valence-corrected chi connectivity index (χ1v) is 6.10. The topological polar surface area (TPSA) is 24.9 Å². The van der Waals surface area contributed by atoms with Crippen LogP contribution in [0.1, 0.15) is 17.3 Å². The molecule has 2 nitrogen and oxygen atoms in total. The summed E-state index contributed by atoms with van der Waals surface area (Å²) in [6, 6.07) is 10.4. The summed E-state index contributed by atoms with van der Waals surface area (Å²) < 4.78 is 13.7. The van der Waals surface area contributed by atoms with Crippen LogP contribution in [0.15, 0.2) is 42.6 Å². The Hall–Kier alpha value is -1.45. The molecule has 0 fully saturated rings. The number of likely N-dealkylation sites (N-methyl/N-ethyl adjacent to an activating group) is 1. The molecule has 1 aromatic heterocycles. The second kappa shape index (κ2) is 5.94. The Morgan fingerprint density at radius 1 is 1.33 bits per heavy atom. The quantitative estimate of drug-likeness (QED) is 0.916. The third-order valence-corrected chi connectivity index (χ3v) is 3.03. The minimum atomic E-state index is -0.293. The van der Waals surface area contributed by atoms with Crippen LogP contribution in [0.4, 0.5) is 4.39 Å². The van der Waals surface area contributed by atoms with Gasteiger partial charge >= 0.3 is 0 Å². The van der Waals surface area contributed by atoms with E-state index >= 15 is 0 Å². The zero-order chi connectivity index (χ0) is 13.0. The van der Waals surface area contributed by atoms with Crippen LogP contribution in [-0.4, -0.2) is 12.0 Å². The number of pyridine rings is 1. The molecule has 1 atom stereocenters. The van der Waals surface area contributed by atoms with Gasteiger partial charge in [-0.05, 0) is 43.3 Å². The molecule has 0 aliphatic rings. The van der Waals surface area contributed by atoms with Crippen LogP contribution in [0.5, 0.6) is 0 Å². The van der Waals surface area contributed by atoms with E-state index in [1.54, 1.807) is 19.3 Å². The van der Waals surface area contributed by atoms with E-state index in [4.69, 9.17) is 11.6 Å². The maximum Gasteiger partial charge on any atom is 0.146 e. The zero-order valence-corrected chi connectivity index (χ0v) is 10.8. The summed E-state index contributed by atoms with van der Waals surface area (Å²) in [4.78, 5) is 4.10. The highest BCUT2D eigenvalue weighted by molar-refractivity contribution is 6.30. The van der Waals surface area contributed by atoms with Gasteiger partial charge in [-0.15, -0.1) is 0 Å². The van der Waals surface area contributed by atoms with Gasteiger partial charge in [0, 0.05) is 11.2 Å². The van der Waals surface area contributed by atoms with Crippen molar-refractivity contribution in [3.8, 4) is 0 Å². The molecule has 0 saturated heterocycles. The summed E-state index contributed by atoms with van der Waals surface area (Å²) in [5.41, 5.74) is 1.48. The summed E-state index contributed by atoms with van der Waals surface area (Å²) >= 11 is 5.94. The molecule has 1 heterocycles. The fraction of sp³-hybridized carbons (Fsp3) is 0.214. The molecule has 0 bridgehead atoms. The molecule has 0 aliphatic heterocycles. The van der Waals surface area contributed by atoms with E-state index in [0.717, 1.165) is 5.56 Å². The second-order valence-electron chi connectivity index (χ2n) is 4.05. The van der Waals surface area contributed by atoms with Crippen molar-refractivity contribution < 1.29 is 4.39 Å². The van der Waals surface area contributed by atoms with E-state index in [0.29, 0.717) is 17.1 Å². The van der Waals surface area contributed by atoms with E-state index in [2.05, 4.69) is 10.3 Å². The van der Waals surface area contributed by atoms with Crippen molar-refractivity contribution >= 4 is 11.6 Å². The number of rotatable bonds is 4. The highest BCUT2D eigenvalue weighted by Crippen LogP contribution is 2.20. The second-order valence-corrected chi connectivity index (χ2v) is 4.48. The number of aromatic nitrogens is 1. The first-order valence-electron chi connectivity index (χ1n) is 5.73. The molecule has 18 heavy (non-hydrogen) atoms. The molecule has 2 rings (SSSR count). The van der Waals surface area contributed by atoms with Gasteiger partial charge in [0.25, 0.3) is 0 Å². The van der Waals surface area contributed by atoms with E-state index in [-0.39, 0.29) is 11.9 Å². The Kier molecular flexibility index (Phi) is 4.28. The molecule has 1 aromatic carbocycles. The summed E-state index contributed by atoms with van der Waals surface area (Å²) in [6.07, 6.45) is 2.24. The lowest BCUT2D eigenvalue weighted by atomic mass is 10.0. The van der Waals surface area contributed by atoms with E-state index in [1.807, 2.05) is 24.3 Å². The zero-order valence-electron chi connectivity index (χ0n) is 10.0. The molecule has 2 aromatic rings. The average molecular weight is 265 g/mol. The van der Waals surface area contributed by atoms with Gasteiger partial charge in [0.15, 0.2) is 0 Å². The number of nitrogens with one attached hydrogen (secondary N) is 1. The minimum Gasteiger partial charge on any atom is -0.311 e. The number of hydrogen-bond acceptors (Lipinski definition) is 2. The van der Waals surface area contributed by atoms with Crippen LogP contribution in [0.3, 0.4) is 0 Å². The smallest absolute Gasteiger partial charge is 0.146 e. The van der Waals surface area contributed by atoms with E-state index < -0.39 is 0 Å². The molecule has 4 heteroatoms. The third-order valence-electron chi connectivity index (χ3n) is 2.79. The molecular weight excluding hydrogens is 251 g/mol. The van der Waals surface area contributed by atoms with Crippen LogP contribution in [0.2, 0.25) is 5.02 Å². The Balaban J connectivity index is 2.23. The molecule has 0 saturated carbocycles. The van der Waals surface area contributed by atoms with E-state index in [1.165, 1.54) is 6.07 Å². The Morgan fingerprint density at radius 3 is 2.83 bits per heavy atom. The summed E-state index contributed by atoms with van der Waals surface area (Å²) in [5, 5.41) is 3.77. The molecule has 1 unspecified atom stereocenters. The maximum absolute atomic E-state index is 13.7. The van der Waals surface area contributed by atoms with Crippen LogP contribution in [0.25, 0.3) is 0 Å². The predicted molar refractivity (Wildman–Crippen MR) is 71.2 cm³/mol. The Bertz CT molecular complexity index is 531. The molecule has 0 spiro atoms. The van der Waals surface area contributed by atoms with Gasteiger partial charge in [0.2, 0.25) is 0 Å². The van der Waals surface area contributed by atoms with Crippen molar-refractivity contribution in [2.24, 2.45) is 0 Å². The summed E-state index contributed by atoms with van der Waals surface area (Å²) in [6.45, 7) is 0. The molecule has 1 N–H and O–H groups in total. The van der Waals surface area contributed by atoms with Gasteiger partial charge in [-0.25, -0.2) is 4.39 Å². The summed E-state index contributed by atoms with van der Waals surface area (Å²) in [5.74, 6) is -0.293. The monoisotopic (exact) mass is 264 g/mol. The standard InChI is InChI=1S/C14H14ClFN2/c1-17-13(14-12(16)6-3-7-18-14)9-10-4-2-5-11(15)8-10/h2-8,13,17H,9H2,1H3. The fourth-order valence-electron chi connectivity index (χ4n) is 1.89. The highest BCUT2D eigenvalue weighted by atomic mass is 35.5. The summed E-state index contributed by atoms with van der Waals surface area (Å²) in [7, 11) is 1.79. The lowest BCUT2D eigenvalue weighted by Gasteiger charge is -2.16. The molecule has 0 aliphatic carbocycles. The van der Waals surface area contributed by atoms with Crippen molar-refractivity contribution in [1.82, 2.24) is 10.3 Å². The fourth-order valence-corrected chi connectivity index (χ4v) is 2.10. The van der Waals surface area contributed by atoms with Crippen LogP contribution < -0.4 is 5.32 Å². The van der Waals surface area contributed by atoms with Crippen molar-refractivity contribution in [2.75, 3.05) is 7.05 Å². The Labute approximate surface area is 111 Å². The number of nitrogens with zero attached hydrogens (tertiary/aromatic N) is 1. The van der Waals surface area contributed by atoms with Crippen molar-refractivity contribution in [3.05, 3.63) is 64.7 Å². The predicted octanol–water partition coefficient (Wildman–Crippen LogP) is 3.38. The van der Waals surface area contributed by atoms with Crippen molar-refractivity contribution in [3.63, 3.8) is 0 Å². The van der Waals surface area contributed by atoms with Crippen molar-refractivity contribution in [1.29, 1.82) is 0 Å². The van der Waals surface area contributed by atoms with Crippen molar-refractivity contribution in [2.45, 2.75) is 12.5 Å². The number of halogens is 2. The van der Waals surface area contributed by atoms with Crippen LogP contribution in [0, 0.1) is 5.82 Å². The average Bonchev–Trinajstić information content (AvgIpc) is 2.37. The van der Waals surface area contributed by atoms with Gasteiger partial charge in [0.05, 0.1) is 11.7 Å². The van der Waals surface area contributed by atoms with Gasteiger partial charge in [-0.3, -0.25) is 4.98 Å². The van der Waals surface area contributed by atoms with Gasteiger partial charge in [0.1, 0.15) is 5.82 Å². The largest absolute Gasteiger partial charge is 0.311 e. The van der Waals surface area contributed by atoms with Crippen LogP contribution >= 0.6 is 11.6 Å². The third kappa shape index (κ3) is 3.06. The molecule has 0 radical (unpaired) electrons.